The van der Waals surface area contributed by atoms with Gasteiger partial charge in [-0.1, -0.05) is 18.2 Å². The first-order chi connectivity index (χ1) is 13.9. The Bertz CT molecular complexity index is 569. The van der Waals surface area contributed by atoms with Crippen LogP contribution in [0.3, 0.4) is 0 Å². The van der Waals surface area contributed by atoms with Gasteiger partial charge in [-0.15, -0.1) is 0 Å². The number of hydrogen-bond donors (Lipinski definition) is 4. The lowest BCUT2D eigenvalue weighted by Crippen LogP contribution is -2.59. The molecule has 4 N–H and O–H groups in total. The van der Waals surface area contributed by atoms with E-state index in [1.165, 1.54) is 0 Å². The number of para-hydroxylation sites is 1. The van der Waals surface area contributed by atoms with E-state index in [1.54, 1.807) is 7.11 Å². The molecule has 2 rings (SSSR count). The first-order valence-electron chi connectivity index (χ1n) is 9.41. The minimum absolute atomic E-state index is 0.0711. The zero-order valence-corrected chi connectivity index (χ0v) is 17.3. The van der Waals surface area contributed by atoms with Crippen molar-refractivity contribution in [2.75, 3.05) is 38.7 Å². The molecule has 9 heteroatoms. The lowest BCUT2D eigenvalue weighted by Gasteiger charge is -2.43. The monoisotopic (exact) mass is 411 g/mol. The second-order valence-corrected chi connectivity index (χ2v) is 6.66. The van der Waals surface area contributed by atoms with Crippen molar-refractivity contribution in [3.05, 3.63) is 30.3 Å². The highest BCUT2D eigenvalue weighted by atomic mass is 16.5. The molecule has 1 aromatic rings. The van der Waals surface area contributed by atoms with Crippen molar-refractivity contribution in [2.24, 2.45) is 0 Å². The summed E-state index contributed by atoms with van der Waals surface area (Å²) >= 11 is 0. The standard InChI is InChI=1S/C18H29N3O2.2CH2O2/c1-15(2)21-12-9-18(10-13-21,17(22)19-11-14-23-3)20-16-7-5-4-6-8-16;2*2-1-3/h4-8,15,20H,9-14H2,1-3H3,(H,19,22);2*1H,(H,2,3). The van der Waals surface area contributed by atoms with Gasteiger partial charge in [0, 0.05) is 38.5 Å². The number of carbonyl (C=O) groups excluding carboxylic acids is 1. The minimum Gasteiger partial charge on any atom is -0.483 e. The van der Waals surface area contributed by atoms with E-state index in [-0.39, 0.29) is 18.9 Å². The predicted molar refractivity (Wildman–Crippen MR) is 111 cm³/mol. The van der Waals surface area contributed by atoms with E-state index < -0.39 is 5.54 Å². The number of methoxy groups -OCH3 is 1. The molecular weight excluding hydrogens is 378 g/mol. The summed E-state index contributed by atoms with van der Waals surface area (Å²) in [5, 5.41) is 20.3. The topological polar surface area (TPSA) is 128 Å². The third-order valence-corrected chi connectivity index (χ3v) is 4.57. The van der Waals surface area contributed by atoms with Crippen LogP contribution in [0.2, 0.25) is 0 Å². The molecule has 0 radical (unpaired) electrons. The summed E-state index contributed by atoms with van der Waals surface area (Å²) in [7, 11) is 1.64. The van der Waals surface area contributed by atoms with Crippen LogP contribution in [0.5, 0.6) is 0 Å². The van der Waals surface area contributed by atoms with Crippen molar-refractivity contribution in [3.63, 3.8) is 0 Å². The Morgan fingerprint density at radius 1 is 1.17 bits per heavy atom. The summed E-state index contributed by atoms with van der Waals surface area (Å²) in [4.78, 5) is 32.0. The number of anilines is 1. The Hall–Kier alpha value is -2.65. The van der Waals surface area contributed by atoms with Crippen molar-refractivity contribution < 1.29 is 29.3 Å². The third-order valence-electron chi connectivity index (χ3n) is 4.57. The van der Waals surface area contributed by atoms with Gasteiger partial charge in [0.1, 0.15) is 5.54 Å². The molecule has 1 heterocycles. The zero-order valence-electron chi connectivity index (χ0n) is 17.3. The van der Waals surface area contributed by atoms with E-state index in [0.717, 1.165) is 31.6 Å². The first-order valence-corrected chi connectivity index (χ1v) is 9.41. The molecular formula is C20H33N3O6. The highest BCUT2D eigenvalue weighted by Gasteiger charge is 2.41. The molecule has 0 saturated carbocycles. The number of piperidine rings is 1. The summed E-state index contributed by atoms with van der Waals surface area (Å²) in [6.07, 6.45) is 1.61. The molecule has 1 amide bonds. The van der Waals surface area contributed by atoms with E-state index in [9.17, 15) is 4.79 Å². The quantitative estimate of drug-likeness (QED) is 0.393. The number of nitrogens with one attached hydrogen (secondary N) is 2. The van der Waals surface area contributed by atoms with Gasteiger partial charge in [-0.2, -0.15) is 0 Å². The van der Waals surface area contributed by atoms with Crippen molar-refractivity contribution in [3.8, 4) is 0 Å². The second-order valence-electron chi connectivity index (χ2n) is 6.66. The van der Waals surface area contributed by atoms with Crippen molar-refractivity contribution in [1.29, 1.82) is 0 Å². The number of likely N-dealkylation sites (tertiary alicyclic amines) is 1. The number of benzene rings is 1. The number of rotatable bonds is 7. The van der Waals surface area contributed by atoms with Crippen molar-refractivity contribution >= 4 is 24.5 Å². The van der Waals surface area contributed by atoms with Crippen LogP contribution in [0.15, 0.2) is 30.3 Å². The molecule has 1 aromatic carbocycles. The Morgan fingerprint density at radius 3 is 2.14 bits per heavy atom. The molecule has 1 fully saturated rings. The fourth-order valence-corrected chi connectivity index (χ4v) is 3.06. The lowest BCUT2D eigenvalue weighted by molar-refractivity contribution is -0.127. The molecule has 0 bridgehead atoms. The number of carboxylic acid groups (broad SMARTS) is 2. The maximum atomic E-state index is 12.8. The fraction of sp³-hybridized carbons (Fsp3) is 0.550. The van der Waals surface area contributed by atoms with Gasteiger partial charge >= 0.3 is 0 Å². The SMILES string of the molecule is COCCNC(=O)C1(Nc2ccccc2)CCN(C(C)C)CC1.O=CO.O=CO. The Kier molecular flexibility index (Phi) is 13.9. The Labute approximate surface area is 172 Å². The van der Waals surface area contributed by atoms with Gasteiger partial charge in [-0.25, -0.2) is 0 Å². The average molecular weight is 411 g/mol. The molecule has 1 aliphatic heterocycles. The van der Waals surface area contributed by atoms with E-state index in [2.05, 4.69) is 29.4 Å². The molecule has 0 aromatic heterocycles. The fourth-order valence-electron chi connectivity index (χ4n) is 3.06. The van der Waals surface area contributed by atoms with Gasteiger partial charge in [0.05, 0.1) is 6.61 Å². The lowest BCUT2D eigenvalue weighted by atomic mass is 9.85. The van der Waals surface area contributed by atoms with Crippen LogP contribution < -0.4 is 10.6 Å². The van der Waals surface area contributed by atoms with Gasteiger partial charge in [0.15, 0.2) is 0 Å². The largest absolute Gasteiger partial charge is 0.483 e. The number of hydrogen-bond acceptors (Lipinski definition) is 6. The van der Waals surface area contributed by atoms with E-state index >= 15 is 0 Å². The van der Waals surface area contributed by atoms with Crippen LogP contribution in [0.1, 0.15) is 26.7 Å². The summed E-state index contributed by atoms with van der Waals surface area (Å²) < 4.78 is 5.04. The predicted octanol–water partition coefficient (Wildman–Crippen LogP) is 1.51. The average Bonchev–Trinajstić information content (AvgIpc) is 2.70. The zero-order chi connectivity index (χ0) is 22.1. The molecule has 1 saturated heterocycles. The van der Waals surface area contributed by atoms with Crippen LogP contribution in [0.25, 0.3) is 0 Å². The van der Waals surface area contributed by atoms with Crippen LogP contribution in [0.4, 0.5) is 5.69 Å². The van der Waals surface area contributed by atoms with E-state index in [4.69, 9.17) is 24.5 Å². The minimum atomic E-state index is -0.541. The normalized spacial score (nSPS) is 15.0. The van der Waals surface area contributed by atoms with Gasteiger partial charge in [-0.3, -0.25) is 14.4 Å². The number of nitrogens with zero attached hydrogens (tertiary/aromatic N) is 1. The molecule has 0 spiro atoms. The maximum absolute atomic E-state index is 12.8. The second kappa shape index (κ2) is 15.3. The molecule has 0 atom stereocenters. The van der Waals surface area contributed by atoms with E-state index in [0.29, 0.717) is 19.2 Å². The highest BCUT2D eigenvalue weighted by molar-refractivity contribution is 5.89. The molecule has 0 aliphatic carbocycles. The van der Waals surface area contributed by atoms with Crippen LogP contribution >= 0.6 is 0 Å². The number of amides is 1. The third kappa shape index (κ3) is 9.91. The van der Waals surface area contributed by atoms with Gasteiger partial charge in [0.2, 0.25) is 5.91 Å². The van der Waals surface area contributed by atoms with Gasteiger partial charge in [0.25, 0.3) is 12.9 Å². The van der Waals surface area contributed by atoms with Crippen LogP contribution in [-0.4, -0.2) is 78.9 Å². The summed E-state index contributed by atoms with van der Waals surface area (Å²) in [5.74, 6) is 0.0711. The molecule has 1 aliphatic rings. The van der Waals surface area contributed by atoms with Gasteiger partial charge in [-0.05, 0) is 38.8 Å². The summed E-state index contributed by atoms with van der Waals surface area (Å²) in [6, 6.07) is 10.5. The summed E-state index contributed by atoms with van der Waals surface area (Å²) in [6.45, 7) is 6.84. The Balaban J connectivity index is 0.00000116. The maximum Gasteiger partial charge on any atom is 0.290 e. The van der Waals surface area contributed by atoms with Crippen LogP contribution in [-0.2, 0) is 19.1 Å². The smallest absolute Gasteiger partial charge is 0.290 e. The van der Waals surface area contributed by atoms with E-state index in [1.807, 2.05) is 30.3 Å². The van der Waals surface area contributed by atoms with Gasteiger partial charge < -0.3 is 30.5 Å². The number of carbonyl (C=O) groups is 3. The first kappa shape index (κ1) is 26.4. The number of ether oxygens (including phenoxy) is 1. The summed E-state index contributed by atoms with van der Waals surface area (Å²) in [5.41, 5.74) is 0.452. The Morgan fingerprint density at radius 2 is 1.69 bits per heavy atom. The van der Waals surface area contributed by atoms with Crippen LogP contribution in [0, 0.1) is 0 Å². The molecule has 9 nitrogen and oxygen atoms in total. The van der Waals surface area contributed by atoms with Crippen molar-refractivity contribution in [2.45, 2.75) is 38.3 Å². The van der Waals surface area contributed by atoms with Crippen molar-refractivity contribution in [1.82, 2.24) is 10.2 Å². The molecule has 29 heavy (non-hydrogen) atoms. The molecule has 164 valence electrons. The highest BCUT2D eigenvalue weighted by Crippen LogP contribution is 2.28. The molecule has 0 unspecified atom stereocenters.